The number of rotatable bonds is 5. The number of hydrogen-bond acceptors (Lipinski definition) is 3. The number of anilines is 1. The molecule has 1 aliphatic carbocycles. The van der Waals surface area contributed by atoms with Crippen LogP contribution in [-0.4, -0.2) is 27.5 Å². The first-order valence-electron chi connectivity index (χ1n) is 7.01. The Hall–Kier alpha value is -1.49. The third-order valence-electron chi connectivity index (χ3n) is 3.52. The van der Waals surface area contributed by atoms with E-state index < -0.39 is 11.4 Å². The molecule has 0 saturated heterocycles. The predicted octanol–water partition coefficient (Wildman–Crippen LogP) is 3.27. The highest BCUT2D eigenvalue weighted by atomic mass is 32.2. The van der Waals surface area contributed by atoms with Crippen LogP contribution in [0.3, 0.4) is 0 Å². The monoisotopic (exact) mass is 307 g/mol. The molecule has 1 fully saturated rings. The zero-order chi connectivity index (χ0) is 15.7. The Bertz CT molecular complexity index is 542. The fourth-order valence-corrected chi connectivity index (χ4v) is 2.74. The van der Waals surface area contributed by atoms with Crippen molar-refractivity contribution in [2.45, 2.75) is 43.8 Å². The van der Waals surface area contributed by atoms with Crippen molar-refractivity contribution in [3.05, 3.63) is 29.8 Å². The van der Waals surface area contributed by atoms with Crippen molar-refractivity contribution in [3.8, 4) is 0 Å². The van der Waals surface area contributed by atoms with Gasteiger partial charge in [-0.15, -0.1) is 11.8 Å². The van der Waals surface area contributed by atoms with Gasteiger partial charge in [-0.3, -0.25) is 9.59 Å². The molecule has 2 N–H and O–H groups in total. The van der Waals surface area contributed by atoms with Crippen LogP contribution in [0.5, 0.6) is 0 Å². The van der Waals surface area contributed by atoms with Gasteiger partial charge in [-0.1, -0.05) is 32.9 Å². The van der Waals surface area contributed by atoms with Crippen LogP contribution in [-0.2, 0) is 15.0 Å². The minimum absolute atomic E-state index is 0.0398. The van der Waals surface area contributed by atoms with Gasteiger partial charge in [0, 0.05) is 10.4 Å². The summed E-state index contributed by atoms with van der Waals surface area (Å²) in [5.74, 6) is -0.396. The van der Waals surface area contributed by atoms with Crippen molar-refractivity contribution in [2.24, 2.45) is 0 Å². The molecule has 2 rings (SSSR count). The van der Waals surface area contributed by atoms with E-state index in [1.807, 2.05) is 0 Å². The quantitative estimate of drug-likeness (QED) is 0.876. The zero-order valence-electron chi connectivity index (χ0n) is 12.6. The normalized spacial score (nSPS) is 16.3. The minimum atomic E-state index is -0.763. The first-order valence-corrected chi connectivity index (χ1v) is 7.99. The molecule has 0 bridgehead atoms. The SMILES string of the molecule is CC(C)(C)SCC(=O)Nc1ccc(C2(C(=O)O)CC2)cc1. The van der Waals surface area contributed by atoms with Crippen molar-refractivity contribution < 1.29 is 14.7 Å². The van der Waals surface area contributed by atoms with Crippen LogP contribution in [0.4, 0.5) is 5.69 Å². The van der Waals surface area contributed by atoms with Crippen molar-refractivity contribution in [1.82, 2.24) is 0 Å². The molecule has 0 aromatic heterocycles. The summed E-state index contributed by atoms with van der Waals surface area (Å²) in [7, 11) is 0. The largest absolute Gasteiger partial charge is 0.481 e. The van der Waals surface area contributed by atoms with Gasteiger partial charge in [0.05, 0.1) is 11.2 Å². The number of thioether (sulfide) groups is 1. The molecule has 21 heavy (non-hydrogen) atoms. The van der Waals surface area contributed by atoms with Crippen LogP contribution in [0.1, 0.15) is 39.2 Å². The van der Waals surface area contributed by atoms with Gasteiger partial charge in [0.2, 0.25) is 5.91 Å². The second-order valence-electron chi connectivity index (χ2n) is 6.41. The first-order chi connectivity index (χ1) is 9.73. The third-order valence-corrected chi connectivity index (χ3v) is 4.79. The van der Waals surface area contributed by atoms with E-state index in [0.717, 1.165) is 5.56 Å². The van der Waals surface area contributed by atoms with Gasteiger partial charge < -0.3 is 10.4 Å². The molecule has 0 aliphatic heterocycles. The maximum Gasteiger partial charge on any atom is 0.314 e. The average molecular weight is 307 g/mol. The summed E-state index contributed by atoms with van der Waals surface area (Å²) >= 11 is 1.59. The number of carbonyl (C=O) groups excluding carboxylic acids is 1. The molecule has 114 valence electrons. The van der Waals surface area contributed by atoms with Gasteiger partial charge in [0.25, 0.3) is 0 Å². The van der Waals surface area contributed by atoms with Gasteiger partial charge in [0.1, 0.15) is 0 Å². The second kappa shape index (κ2) is 5.72. The fraction of sp³-hybridized carbons (Fsp3) is 0.500. The molecule has 4 nitrogen and oxygen atoms in total. The number of benzene rings is 1. The summed E-state index contributed by atoms with van der Waals surface area (Å²) in [6, 6.07) is 7.15. The molecule has 5 heteroatoms. The number of hydrogen-bond donors (Lipinski definition) is 2. The highest BCUT2D eigenvalue weighted by Gasteiger charge is 2.51. The Morgan fingerprint density at radius 2 is 1.81 bits per heavy atom. The molecule has 1 amide bonds. The van der Waals surface area contributed by atoms with E-state index in [4.69, 9.17) is 0 Å². The minimum Gasteiger partial charge on any atom is -0.481 e. The van der Waals surface area contributed by atoms with Gasteiger partial charge >= 0.3 is 5.97 Å². The maximum absolute atomic E-state index is 11.8. The number of nitrogens with one attached hydrogen (secondary N) is 1. The molecule has 0 spiro atoms. The van der Waals surface area contributed by atoms with Gasteiger partial charge in [0.15, 0.2) is 0 Å². The van der Waals surface area contributed by atoms with Crippen molar-refractivity contribution >= 4 is 29.3 Å². The van der Waals surface area contributed by atoms with Crippen molar-refractivity contribution in [2.75, 3.05) is 11.1 Å². The van der Waals surface area contributed by atoms with E-state index in [9.17, 15) is 14.7 Å². The molecule has 0 radical (unpaired) electrons. The molecule has 1 saturated carbocycles. The van der Waals surface area contributed by atoms with E-state index in [-0.39, 0.29) is 10.7 Å². The van der Waals surface area contributed by atoms with E-state index >= 15 is 0 Å². The Kier molecular flexibility index (Phi) is 4.33. The van der Waals surface area contributed by atoms with Crippen molar-refractivity contribution in [3.63, 3.8) is 0 Å². The number of amides is 1. The highest BCUT2D eigenvalue weighted by Crippen LogP contribution is 2.48. The molecule has 0 unspecified atom stereocenters. The fourth-order valence-electron chi connectivity index (χ4n) is 2.10. The van der Waals surface area contributed by atoms with E-state index in [0.29, 0.717) is 24.3 Å². The lowest BCUT2D eigenvalue weighted by Gasteiger charge is -2.17. The van der Waals surface area contributed by atoms with Crippen LogP contribution in [0.2, 0.25) is 0 Å². The average Bonchev–Trinajstić information content (AvgIpc) is 3.18. The summed E-state index contributed by atoms with van der Waals surface area (Å²) in [5, 5.41) is 12.1. The molecule has 0 atom stereocenters. The highest BCUT2D eigenvalue weighted by molar-refractivity contribution is 8.01. The Morgan fingerprint density at radius 3 is 2.24 bits per heavy atom. The van der Waals surface area contributed by atoms with Crippen molar-refractivity contribution in [1.29, 1.82) is 0 Å². The Labute approximate surface area is 129 Å². The third kappa shape index (κ3) is 4.00. The molecule has 1 aromatic carbocycles. The lowest BCUT2D eigenvalue weighted by Crippen LogP contribution is -2.20. The summed E-state index contributed by atoms with van der Waals surface area (Å²) in [4.78, 5) is 23.1. The van der Waals surface area contributed by atoms with E-state index in [2.05, 4.69) is 26.1 Å². The van der Waals surface area contributed by atoms with Crippen LogP contribution >= 0.6 is 11.8 Å². The maximum atomic E-state index is 11.8. The van der Waals surface area contributed by atoms with E-state index in [1.54, 1.807) is 36.0 Å². The lowest BCUT2D eigenvalue weighted by atomic mass is 9.96. The molecule has 1 aromatic rings. The second-order valence-corrected chi connectivity index (χ2v) is 8.22. The molecule has 0 heterocycles. The standard InChI is InChI=1S/C16H21NO3S/c1-15(2,3)21-10-13(18)17-12-6-4-11(5-7-12)16(8-9-16)14(19)20/h4-7H,8-10H2,1-3H3,(H,17,18)(H,19,20). The van der Waals surface area contributed by atoms with Gasteiger partial charge in [-0.05, 0) is 30.5 Å². The van der Waals surface area contributed by atoms with Crippen LogP contribution in [0, 0.1) is 0 Å². The summed E-state index contributed by atoms with van der Waals surface area (Å²) in [6.45, 7) is 6.21. The van der Waals surface area contributed by atoms with Gasteiger partial charge in [-0.2, -0.15) is 0 Å². The lowest BCUT2D eigenvalue weighted by molar-refractivity contribution is -0.140. The Balaban J connectivity index is 1.94. The predicted molar refractivity (Wildman–Crippen MR) is 85.8 cm³/mol. The molecular formula is C16H21NO3S. The van der Waals surface area contributed by atoms with E-state index in [1.165, 1.54) is 0 Å². The Morgan fingerprint density at radius 1 is 1.24 bits per heavy atom. The zero-order valence-corrected chi connectivity index (χ0v) is 13.4. The smallest absolute Gasteiger partial charge is 0.314 e. The molecular weight excluding hydrogens is 286 g/mol. The summed E-state index contributed by atoms with van der Waals surface area (Å²) in [5.41, 5.74) is 0.835. The number of carboxylic acids is 1. The van der Waals surface area contributed by atoms with Crippen LogP contribution in [0.25, 0.3) is 0 Å². The topological polar surface area (TPSA) is 66.4 Å². The summed E-state index contributed by atoms with van der Waals surface area (Å²) in [6.07, 6.45) is 1.38. The first kappa shape index (κ1) is 15.9. The summed E-state index contributed by atoms with van der Waals surface area (Å²) < 4.78 is 0.0566. The number of carboxylic acid groups (broad SMARTS) is 1. The number of aliphatic carboxylic acids is 1. The molecule has 1 aliphatic rings. The van der Waals surface area contributed by atoms with Gasteiger partial charge in [-0.25, -0.2) is 0 Å². The number of carbonyl (C=O) groups is 2. The van der Waals surface area contributed by atoms with Crippen LogP contribution in [0.15, 0.2) is 24.3 Å². The van der Waals surface area contributed by atoms with Crippen LogP contribution < -0.4 is 5.32 Å².